The lowest BCUT2D eigenvalue weighted by molar-refractivity contribution is -0.116. The highest BCUT2D eigenvalue weighted by atomic mass is 16.2. The summed E-state index contributed by atoms with van der Waals surface area (Å²) < 4.78 is 3.19. The van der Waals surface area contributed by atoms with Crippen LogP contribution in [0.1, 0.15) is 5.56 Å². The molecule has 1 aromatic carbocycles. The molecule has 0 radical (unpaired) electrons. The minimum absolute atomic E-state index is 0.00525. The van der Waals surface area contributed by atoms with E-state index in [-0.39, 0.29) is 18.0 Å². The first kappa shape index (κ1) is 14.8. The van der Waals surface area contributed by atoms with E-state index in [1.807, 2.05) is 41.2 Å². The number of benzene rings is 1. The molecule has 3 aromatic rings. The Labute approximate surface area is 133 Å². The highest BCUT2D eigenvalue weighted by Gasteiger charge is 2.05. The molecule has 2 aromatic heterocycles. The fourth-order valence-electron chi connectivity index (χ4n) is 2.22. The van der Waals surface area contributed by atoms with Gasteiger partial charge in [0.05, 0.1) is 6.54 Å². The number of hydrogen-bond donors (Lipinski definition) is 1. The average Bonchev–Trinajstić information content (AvgIpc) is 3.04. The lowest BCUT2D eigenvalue weighted by atomic mass is 10.2. The van der Waals surface area contributed by atoms with Crippen LogP contribution in [0.5, 0.6) is 0 Å². The zero-order chi connectivity index (χ0) is 16.1. The van der Waals surface area contributed by atoms with Crippen molar-refractivity contribution in [1.29, 1.82) is 0 Å². The maximum Gasteiger partial charge on any atom is 0.250 e. The molecule has 0 unspecified atom stereocenters. The molecule has 1 amide bonds. The summed E-state index contributed by atoms with van der Waals surface area (Å²) in [5.41, 5.74) is 1.59. The van der Waals surface area contributed by atoms with Crippen LogP contribution in [0.3, 0.4) is 0 Å². The highest BCUT2D eigenvalue weighted by Crippen LogP contribution is 2.10. The standard InChI is InChI=1S/C17H16N4O2/c22-16(13-20-10-2-1-4-17(20)23)19-15-7-5-14(6-8-15)12-21-11-3-9-18-21/h1-11H,12-13H2,(H,19,22). The fraction of sp³-hybridized carbons (Fsp3) is 0.118. The van der Waals surface area contributed by atoms with Gasteiger partial charge in [-0.05, 0) is 29.8 Å². The molecule has 6 heteroatoms. The van der Waals surface area contributed by atoms with Gasteiger partial charge in [-0.3, -0.25) is 14.3 Å². The van der Waals surface area contributed by atoms with E-state index in [9.17, 15) is 9.59 Å². The molecule has 1 N–H and O–H groups in total. The van der Waals surface area contributed by atoms with E-state index in [4.69, 9.17) is 0 Å². The van der Waals surface area contributed by atoms with Gasteiger partial charge in [0.2, 0.25) is 5.91 Å². The van der Waals surface area contributed by atoms with Gasteiger partial charge >= 0.3 is 0 Å². The van der Waals surface area contributed by atoms with Gasteiger partial charge < -0.3 is 9.88 Å². The van der Waals surface area contributed by atoms with E-state index in [0.29, 0.717) is 12.2 Å². The van der Waals surface area contributed by atoms with Gasteiger partial charge in [-0.25, -0.2) is 0 Å². The van der Waals surface area contributed by atoms with E-state index in [2.05, 4.69) is 10.4 Å². The maximum atomic E-state index is 12.0. The molecular weight excluding hydrogens is 292 g/mol. The van der Waals surface area contributed by atoms with Crippen molar-refractivity contribution in [1.82, 2.24) is 14.3 Å². The Balaban J connectivity index is 1.60. The number of pyridine rings is 1. The topological polar surface area (TPSA) is 68.9 Å². The Bertz CT molecular complexity index is 836. The number of carbonyl (C=O) groups excluding carboxylic acids is 1. The molecule has 0 spiro atoms. The van der Waals surface area contributed by atoms with E-state index >= 15 is 0 Å². The predicted molar refractivity (Wildman–Crippen MR) is 87.1 cm³/mol. The largest absolute Gasteiger partial charge is 0.325 e. The minimum Gasteiger partial charge on any atom is -0.325 e. The summed E-state index contributed by atoms with van der Waals surface area (Å²) in [6, 6.07) is 14.2. The molecule has 0 saturated heterocycles. The summed E-state index contributed by atoms with van der Waals surface area (Å²) in [7, 11) is 0. The van der Waals surface area contributed by atoms with Crippen molar-refractivity contribution in [2.24, 2.45) is 0 Å². The van der Waals surface area contributed by atoms with Crippen molar-refractivity contribution in [3.05, 3.63) is 83.0 Å². The number of hydrogen-bond acceptors (Lipinski definition) is 3. The highest BCUT2D eigenvalue weighted by molar-refractivity contribution is 5.90. The Morgan fingerprint density at radius 3 is 2.57 bits per heavy atom. The van der Waals surface area contributed by atoms with E-state index < -0.39 is 0 Å². The number of amides is 1. The van der Waals surface area contributed by atoms with Crippen molar-refractivity contribution in [3.8, 4) is 0 Å². The fourth-order valence-corrected chi connectivity index (χ4v) is 2.22. The predicted octanol–water partition coefficient (Wildman–Crippen LogP) is 1.73. The van der Waals surface area contributed by atoms with Crippen LogP contribution >= 0.6 is 0 Å². The molecular formula is C17H16N4O2. The normalized spacial score (nSPS) is 10.4. The number of nitrogens with one attached hydrogen (secondary N) is 1. The Kier molecular flexibility index (Phi) is 4.33. The van der Waals surface area contributed by atoms with Gasteiger partial charge in [-0.2, -0.15) is 5.10 Å². The Hall–Kier alpha value is -3.15. The molecule has 0 aliphatic rings. The van der Waals surface area contributed by atoms with Crippen molar-refractivity contribution in [2.45, 2.75) is 13.1 Å². The van der Waals surface area contributed by atoms with Gasteiger partial charge in [-0.15, -0.1) is 0 Å². The Morgan fingerprint density at radius 2 is 1.87 bits per heavy atom. The van der Waals surface area contributed by atoms with E-state index in [1.165, 1.54) is 10.6 Å². The van der Waals surface area contributed by atoms with Crippen molar-refractivity contribution >= 4 is 11.6 Å². The molecule has 0 bridgehead atoms. The zero-order valence-electron chi connectivity index (χ0n) is 12.4. The third-order valence-corrected chi connectivity index (χ3v) is 3.35. The molecule has 23 heavy (non-hydrogen) atoms. The first-order valence-corrected chi connectivity index (χ1v) is 7.22. The Morgan fingerprint density at radius 1 is 1.04 bits per heavy atom. The molecule has 116 valence electrons. The van der Waals surface area contributed by atoms with Crippen LogP contribution in [-0.4, -0.2) is 20.3 Å². The summed E-state index contributed by atoms with van der Waals surface area (Å²) in [5.74, 6) is -0.238. The van der Waals surface area contributed by atoms with Crippen LogP contribution in [0.2, 0.25) is 0 Å². The third kappa shape index (κ3) is 3.94. The average molecular weight is 308 g/mol. The molecule has 0 saturated carbocycles. The summed E-state index contributed by atoms with van der Waals surface area (Å²) in [5, 5.41) is 6.93. The quantitative estimate of drug-likeness (QED) is 0.780. The number of carbonyl (C=O) groups is 1. The molecule has 0 aliphatic heterocycles. The van der Waals surface area contributed by atoms with Crippen LogP contribution < -0.4 is 10.9 Å². The van der Waals surface area contributed by atoms with Crippen LogP contribution in [0.25, 0.3) is 0 Å². The van der Waals surface area contributed by atoms with Gasteiger partial charge in [0, 0.05) is 30.3 Å². The van der Waals surface area contributed by atoms with Crippen molar-refractivity contribution < 1.29 is 4.79 Å². The summed E-state index contributed by atoms with van der Waals surface area (Å²) in [4.78, 5) is 23.6. The number of rotatable bonds is 5. The monoisotopic (exact) mass is 308 g/mol. The first-order valence-electron chi connectivity index (χ1n) is 7.22. The minimum atomic E-state index is -0.238. The number of anilines is 1. The summed E-state index contributed by atoms with van der Waals surface area (Å²) >= 11 is 0. The second kappa shape index (κ2) is 6.74. The maximum absolute atomic E-state index is 12.0. The number of nitrogens with zero attached hydrogens (tertiary/aromatic N) is 3. The summed E-state index contributed by atoms with van der Waals surface area (Å²) in [6.45, 7) is 0.676. The van der Waals surface area contributed by atoms with E-state index in [1.54, 1.807) is 24.5 Å². The molecule has 0 aliphatic carbocycles. The van der Waals surface area contributed by atoms with Crippen LogP contribution in [0.4, 0.5) is 5.69 Å². The molecule has 0 atom stereocenters. The molecule has 0 fully saturated rings. The van der Waals surface area contributed by atoms with Gasteiger partial charge in [-0.1, -0.05) is 18.2 Å². The van der Waals surface area contributed by atoms with Crippen LogP contribution in [0.15, 0.2) is 71.9 Å². The van der Waals surface area contributed by atoms with Crippen molar-refractivity contribution in [2.75, 3.05) is 5.32 Å². The lowest BCUT2D eigenvalue weighted by Crippen LogP contribution is -2.26. The zero-order valence-corrected chi connectivity index (χ0v) is 12.4. The summed E-state index contributed by atoms with van der Waals surface area (Å²) in [6.07, 6.45) is 5.22. The third-order valence-electron chi connectivity index (χ3n) is 3.35. The van der Waals surface area contributed by atoms with Crippen LogP contribution in [0, 0.1) is 0 Å². The molecule has 6 nitrogen and oxygen atoms in total. The van der Waals surface area contributed by atoms with Crippen LogP contribution in [-0.2, 0) is 17.9 Å². The molecule has 2 heterocycles. The smallest absolute Gasteiger partial charge is 0.250 e. The second-order valence-corrected chi connectivity index (χ2v) is 5.12. The lowest BCUT2D eigenvalue weighted by Gasteiger charge is -2.08. The first-order chi connectivity index (χ1) is 11.2. The number of aromatic nitrogens is 3. The van der Waals surface area contributed by atoms with Gasteiger partial charge in [0.1, 0.15) is 6.54 Å². The SMILES string of the molecule is O=C(Cn1ccccc1=O)Nc1ccc(Cn2cccn2)cc1. The van der Waals surface area contributed by atoms with Crippen molar-refractivity contribution in [3.63, 3.8) is 0 Å². The van der Waals surface area contributed by atoms with Gasteiger partial charge in [0.25, 0.3) is 5.56 Å². The second-order valence-electron chi connectivity index (χ2n) is 5.12. The molecule has 3 rings (SSSR count). The van der Waals surface area contributed by atoms with Gasteiger partial charge in [0.15, 0.2) is 0 Å². The van der Waals surface area contributed by atoms with E-state index in [0.717, 1.165) is 5.56 Å².